The van der Waals surface area contributed by atoms with E-state index in [4.69, 9.17) is 9.47 Å². The number of ether oxygens (including phenoxy) is 2. The van der Waals surface area contributed by atoms with Crippen LogP contribution in [0, 0.1) is 5.92 Å². The molecule has 1 aliphatic rings. The Morgan fingerprint density at radius 1 is 1.10 bits per heavy atom. The lowest BCUT2D eigenvalue weighted by Gasteiger charge is -2.30. The van der Waals surface area contributed by atoms with E-state index >= 15 is 0 Å². The molecule has 2 heterocycles. The standard InChI is InChI=1S/C23H27N5O3/c1-17-10-12-27(13-11-17)22(29)15-28-25-23(24-26-28)19-8-9-20(21(14-19)30-2)31-16-18-6-4-3-5-7-18/h3-9,14,17H,10-13,15-16H2,1-2H3. The zero-order chi connectivity index (χ0) is 21.6. The second kappa shape index (κ2) is 9.59. The predicted molar refractivity (Wildman–Crippen MR) is 116 cm³/mol. The molecule has 31 heavy (non-hydrogen) atoms. The highest BCUT2D eigenvalue weighted by atomic mass is 16.5. The molecule has 1 fully saturated rings. The molecule has 0 bridgehead atoms. The summed E-state index contributed by atoms with van der Waals surface area (Å²) in [6, 6.07) is 15.4. The van der Waals surface area contributed by atoms with Crippen molar-refractivity contribution >= 4 is 5.91 Å². The van der Waals surface area contributed by atoms with E-state index in [1.54, 1.807) is 7.11 Å². The third-order valence-electron chi connectivity index (χ3n) is 5.52. The molecule has 0 N–H and O–H groups in total. The van der Waals surface area contributed by atoms with E-state index < -0.39 is 0 Å². The molecular formula is C23H27N5O3. The number of rotatable bonds is 7. The Labute approximate surface area is 181 Å². The number of benzene rings is 2. The van der Waals surface area contributed by atoms with Crippen LogP contribution in [0.2, 0.25) is 0 Å². The summed E-state index contributed by atoms with van der Waals surface area (Å²) in [5.41, 5.74) is 1.82. The molecule has 0 atom stereocenters. The predicted octanol–water partition coefficient (Wildman–Crippen LogP) is 3.19. The molecule has 0 saturated carbocycles. The lowest BCUT2D eigenvalue weighted by molar-refractivity contribution is -0.133. The number of hydrogen-bond acceptors (Lipinski definition) is 6. The number of methoxy groups -OCH3 is 1. The second-order valence-corrected chi connectivity index (χ2v) is 7.85. The molecule has 2 aromatic carbocycles. The molecule has 8 heteroatoms. The molecule has 1 amide bonds. The Bertz CT molecular complexity index is 1010. The van der Waals surface area contributed by atoms with Gasteiger partial charge in [-0.25, -0.2) is 0 Å². The number of aromatic nitrogens is 4. The van der Waals surface area contributed by atoms with Crippen LogP contribution in [0.25, 0.3) is 11.4 Å². The highest BCUT2D eigenvalue weighted by Gasteiger charge is 2.21. The fourth-order valence-corrected chi connectivity index (χ4v) is 3.57. The van der Waals surface area contributed by atoms with Crippen LogP contribution in [0.3, 0.4) is 0 Å². The number of likely N-dealkylation sites (tertiary alicyclic amines) is 1. The fraction of sp³-hybridized carbons (Fsp3) is 0.391. The number of carbonyl (C=O) groups excluding carboxylic acids is 1. The van der Waals surface area contributed by atoms with E-state index in [9.17, 15) is 4.79 Å². The molecule has 1 aromatic heterocycles. The van der Waals surface area contributed by atoms with E-state index in [0.29, 0.717) is 29.8 Å². The van der Waals surface area contributed by atoms with Gasteiger partial charge < -0.3 is 14.4 Å². The maximum atomic E-state index is 12.5. The Morgan fingerprint density at radius 3 is 2.61 bits per heavy atom. The van der Waals surface area contributed by atoms with Gasteiger partial charge in [-0.15, -0.1) is 10.2 Å². The maximum Gasteiger partial charge on any atom is 0.246 e. The Morgan fingerprint density at radius 2 is 1.87 bits per heavy atom. The minimum absolute atomic E-state index is 0.0260. The lowest BCUT2D eigenvalue weighted by Crippen LogP contribution is -2.40. The van der Waals surface area contributed by atoms with Gasteiger partial charge in [0, 0.05) is 18.7 Å². The largest absolute Gasteiger partial charge is 0.493 e. The van der Waals surface area contributed by atoms with Crippen molar-refractivity contribution in [1.29, 1.82) is 0 Å². The number of hydrogen-bond donors (Lipinski definition) is 0. The van der Waals surface area contributed by atoms with Crippen LogP contribution >= 0.6 is 0 Å². The summed E-state index contributed by atoms with van der Waals surface area (Å²) in [4.78, 5) is 15.7. The molecule has 0 radical (unpaired) electrons. The van der Waals surface area contributed by atoms with Gasteiger partial charge in [-0.05, 0) is 47.7 Å². The number of tetrazole rings is 1. The van der Waals surface area contributed by atoms with Crippen molar-refractivity contribution in [2.75, 3.05) is 20.2 Å². The van der Waals surface area contributed by atoms with E-state index in [0.717, 1.165) is 37.1 Å². The number of carbonyl (C=O) groups is 1. The van der Waals surface area contributed by atoms with Crippen molar-refractivity contribution in [2.45, 2.75) is 32.9 Å². The van der Waals surface area contributed by atoms with Crippen LogP contribution < -0.4 is 9.47 Å². The van der Waals surface area contributed by atoms with Gasteiger partial charge >= 0.3 is 0 Å². The second-order valence-electron chi connectivity index (χ2n) is 7.85. The van der Waals surface area contributed by atoms with E-state index in [2.05, 4.69) is 22.3 Å². The normalized spacial score (nSPS) is 14.5. The molecule has 0 spiro atoms. The summed E-state index contributed by atoms with van der Waals surface area (Å²) >= 11 is 0. The van der Waals surface area contributed by atoms with Gasteiger partial charge in [0.15, 0.2) is 11.5 Å². The smallest absolute Gasteiger partial charge is 0.246 e. The van der Waals surface area contributed by atoms with Gasteiger partial charge in [-0.2, -0.15) is 4.80 Å². The number of nitrogens with zero attached hydrogens (tertiary/aromatic N) is 5. The molecular weight excluding hydrogens is 394 g/mol. The molecule has 1 aliphatic heterocycles. The van der Waals surface area contributed by atoms with E-state index in [1.165, 1.54) is 4.80 Å². The van der Waals surface area contributed by atoms with Crippen LogP contribution in [-0.4, -0.2) is 51.2 Å². The average Bonchev–Trinajstić information content (AvgIpc) is 3.27. The fourth-order valence-electron chi connectivity index (χ4n) is 3.57. The lowest BCUT2D eigenvalue weighted by atomic mass is 9.99. The van der Waals surface area contributed by atoms with Gasteiger partial charge in [0.1, 0.15) is 13.2 Å². The van der Waals surface area contributed by atoms with Crippen molar-refractivity contribution in [3.63, 3.8) is 0 Å². The van der Waals surface area contributed by atoms with Crippen molar-refractivity contribution in [2.24, 2.45) is 5.92 Å². The Kier molecular flexibility index (Phi) is 6.45. The van der Waals surface area contributed by atoms with Crippen molar-refractivity contribution in [3.8, 4) is 22.9 Å². The van der Waals surface area contributed by atoms with Gasteiger partial charge in [0.05, 0.1) is 7.11 Å². The van der Waals surface area contributed by atoms with Crippen LogP contribution in [0.15, 0.2) is 48.5 Å². The van der Waals surface area contributed by atoms with Crippen LogP contribution in [0.1, 0.15) is 25.3 Å². The van der Waals surface area contributed by atoms with Gasteiger partial charge in [-0.1, -0.05) is 37.3 Å². The first-order chi connectivity index (χ1) is 15.1. The van der Waals surface area contributed by atoms with Crippen molar-refractivity contribution in [1.82, 2.24) is 25.1 Å². The monoisotopic (exact) mass is 421 g/mol. The quantitative estimate of drug-likeness (QED) is 0.583. The number of amides is 1. The Balaban J connectivity index is 1.41. The SMILES string of the molecule is COc1cc(-c2nnn(CC(=O)N3CCC(C)CC3)n2)ccc1OCc1ccccc1. The third-order valence-corrected chi connectivity index (χ3v) is 5.52. The van der Waals surface area contributed by atoms with Crippen LogP contribution in [0.4, 0.5) is 0 Å². The molecule has 8 nitrogen and oxygen atoms in total. The average molecular weight is 422 g/mol. The summed E-state index contributed by atoms with van der Waals surface area (Å²) in [5, 5.41) is 12.5. The summed E-state index contributed by atoms with van der Waals surface area (Å²) in [5.74, 6) is 2.36. The first-order valence-corrected chi connectivity index (χ1v) is 10.5. The molecule has 1 saturated heterocycles. The minimum atomic E-state index is 0.0260. The van der Waals surface area contributed by atoms with E-state index in [1.807, 2.05) is 53.4 Å². The minimum Gasteiger partial charge on any atom is -0.493 e. The molecule has 0 unspecified atom stereocenters. The van der Waals surface area contributed by atoms with Crippen LogP contribution in [-0.2, 0) is 17.9 Å². The topological polar surface area (TPSA) is 82.4 Å². The van der Waals surface area contributed by atoms with Gasteiger partial charge in [0.2, 0.25) is 11.7 Å². The Hall–Kier alpha value is -3.42. The highest BCUT2D eigenvalue weighted by molar-refractivity contribution is 5.75. The summed E-state index contributed by atoms with van der Waals surface area (Å²) in [7, 11) is 1.59. The molecule has 3 aromatic rings. The summed E-state index contributed by atoms with van der Waals surface area (Å²) in [6.07, 6.45) is 2.08. The highest BCUT2D eigenvalue weighted by Crippen LogP contribution is 2.31. The van der Waals surface area contributed by atoms with Crippen molar-refractivity contribution in [3.05, 3.63) is 54.1 Å². The van der Waals surface area contributed by atoms with Crippen LogP contribution in [0.5, 0.6) is 11.5 Å². The van der Waals surface area contributed by atoms with Gasteiger partial charge in [0.25, 0.3) is 0 Å². The van der Waals surface area contributed by atoms with Crippen molar-refractivity contribution < 1.29 is 14.3 Å². The molecule has 0 aliphatic carbocycles. The maximum absolute atomic E-state index is 12.5. The zero-order valence-electron chi connectivity index (χ0n) is 17.9. The first-order valence-electron chi connectivity index (χ1n) is 10.5. The summed E-state index contributed by atoms with van der Waals surface area (Å²) < 4.78 is 11.4. The first kappa shape index (κ1) is 20.8. The molecule has 162 valence electrons. The van der Waals surface area contributed by atoms with Gasteiger partial charge in [-0.3, -0.25) is 4.79 Å². The third kappa shape index (κ3) is 5.20. The molecule has 4 rings (SSSR count). The number of piperidine rings is 1. The zero-order valence-corrected chi connectivity index (χ0v) is 17.9. The van der Waals surface area contributed by atoms with E-state index in [-0.39, 0.29) is 12.5 Å². The summed E-state index contributed by atoms with van der Waals surface area (Å²) in [6.45, 7) is 4.35.